The molecular weight excluding hydrogens is 226 g/mol. The van der Waals surface area contributed by atoms with Gasteiger partial charge in [0.05, 0.1) is 0 Å². The Hall–Kier alpha value is -2.10. The number of nitrogens with zero attached hydrogens (tertiary/aromatic N) is 3. The molecule has 0 aliphatic rings. The Morgan fingerprint density at radius 2 is 1.83 bits per heavy atom. The van der Waals surface area contributed by atoms with Crippen LogP contribution in [0.4, 0.5) is 5.82 Å². The van der Waals surface area contributed by atoms with Crippen LogP contribution in [0.5, 0.6) is 5.75 Å². The molecule has 0 spiro atoms. The van der Waals surface area contributed by atoms with Crippen LogP contribution in [-0.2, 0) is 0 Å². The normalized spacial score (nSPS) is 10.4. The van der Waals surface area contributed by atoms with E-state index in [1.807, 2.05) is 51.2 Å². The lowest BCUT2D eigenvalue weighted by molar-refractivity contribution is 0.471. The first-order valence-electron chi connectivity index (χ1n) is 5.80. The lowest BCUT2D eigenvalue weighted by atomic mass is 10.1. The molecule has 0 aliphatic heterocycles. The molecule has 0 aliphatic carbocycles. The molecule has 4 heteroatoms. The molecule has 94 valence electrons. The van der Waals surface area contributed by atoms with Crippen LogP contribution < -0.4 is 4.90 Å². The van der Waals surface area contributed by atoms with Gasteiger partial charge in [0.1, 0.15) is 11.6 Å². The van der Waals surface area contributed by atoms with Crippen LogP contribution in [0.2, 0.25) is 0 Å². The van der Waals surface area contributed by atoms with Crippen LogP contribution in [0.15, 0.2) is 24.4 Å². The highest BCUT2D eigenvalue weighted by molar-refractivity contribution is 5.61. The topological polar surface area (TPSA) is 49.2 Å². The highest BCUT2D eigenvalue weighted by atomic mass is 16.3. The molecule has 2 rings (SSSR count). The molecule has 0 unspecified atom stereocenters. The SMILES string of the molecule is Cc1cc(-c2ncc(C)c(N(C)C)n2)ccc1O. The predicted octanol–water partition coefficient (Wildman–Crippen LogP) is 2.53. The molecule has 0 fully saturated rings. The maximum absolute atomic E-state index is 9.53. The van der Waals surface area contributed by atoms with Crippen molar-refractivity contribution in [3.63, 3.8) is 0 Å². The van der Waals surface area contributed by atoms with E-state index < -0.39 is 0 Å². The summed E-state index contributed by atoms with van der Waals surface area (Å²) < 4.78 is 0. The largest absolute Gasteiger partial charge is 0.508 e. The average molecular weight is 243 g/mol. The molecule has 1 aromatic heterocycles. The number of aromatic nitrogens is 2. The second kappa shape index (κ2) is 4.64. The molecule has 4 nitrogen and oxygen atoms in total. The van der Waals surface area contributed by atoms with E-state index in [-0.39, 0.29) is 0 Å². The number of benzene rings is 1. The van der Waals surface area contributed by atoms with Crippen molar-refractivity contribution in [2.24, 2.45) is 0 Å². The van der Waals surface area contributed by atoms with Crippen LogP contribution in [-0.4, -0.2) is 29.2 Å². The zero-order valence-corrected chi connectivity index (χ0v) is 11.1. The lowest BCUT2D eigenvalue weighted by Gasteiger charge is -2.15. The fraction of sp³-hybridized carbons (Fsp3) is 0.286. The summed E-state index contributed by atoms with van der Waals surface area (Å²) in [7, 11) is 3.92. The van der Waals surface area contributed by atoms with Crippen LogP contribution in [0, 0.1) is 13.8 Å². The highest BCUT2D eigenvalue weighted by Gasteiger charge is 2.08. The first-order chi connectivity index (χ1) is 8.49. The van der Waals surface area contributed by atoms with E-state index in [0.717, 1.165) is 22.5 Å². The Balaban J connectivity index is 2.50. The Bertz CT molecular complexity index is 579. The fourth-order valence-corrected chi connectivity index (χ4v) is 1.82. The molecule has 2 aromatic rings. The minimum Gasteiger partial charge on any atom is -0.508 e. The number of hydrogen-bond acceptors (Lipinski definition) is 4. The minimum absolute atomic E-state index is 0.290. The van der Waals surface area contributed by atoms with E-state index in [4.69, 9.17) is 0 Å². The molecule has 1 aromatic carbocycles. The van der Waals surface area contributed by atoms with Gasteiger partial charge in [0.2, 0.25) is 0 Å². The third-order valence-electron chi connectivity index (χ3n) is 2.82. The third-order valence-corrected chi connectivity index (χ3v) is 2.82. The van der Waals surface area contributed by atoms with E-state index in [1.165, 1.54) is 0 Å². The van der Waals surface area contributed by atoms with Crippen molar-refractivity contribution in [1.29, 1.82) is 0 Å². The summed E-state index contributed by atoms with van der Waals surface area (Å²) in [6.45, 7) is 3.85. The molecule has 0 amide bonds. The number of phenolic OH excluding ortho intramolecular Hbond substituents is 1. The number of aromatic hydroxyl groups is 1. The summed E-state index contributed by atoms with van der Waals surface area (Å²) in [6, 6.07) is 5.38. The van der Waals surface area contributed by atoms with Crippen LogP contribution in [0.25, 0.3) is 11.4 Å². The first kappa shape index (κ1) is 12.4. The number of hydrogen-bond donors (Lipinski definition) is 1. The number of aryl methyl sites for hydroxylation is 2. The predicted molar refractivity (Wildman–Crippen MR) is 72.9 cm³/mol. The van der Waals surface area contributed by atoms with Crippen molar-refractivity contribution in [3.05, 3.63) is 35.5 Å². The second-order valence-corrected chi connectivity index (χ2v) is 4.60. The van der Waals surface area contributed by atoms with E-state index >= 15 is 0 Å². The molecule has 0 saturated heterocycles. The second-order valence-electron chi connectivity index (χ2n) is 4.60. The van der Waals surface area contributed by atoms with E-state index in [0.29, 0.717) is 11.6 Å². The zero-order chi connectivity index (χ0) is 13.3. The van der Waals surface area contributed by atoms with Crippen molar-refractivity contribution in [3.8, 4) is 17.1 Å². The van der Waals surface area contributed by atoms with Gasteiger partial charge in [-0.1, -0.05) is 0 Å². The van der Waals surface area contributed by atoms with Gasteiger partial charge in [0, 0.05) is 31.4 Å². The van der Waals surface area contributed by atoms with Crippen molar-refractivity contribution in [2.45, 2.75) is 13.8 Å². The molecule has 0 radical (unpaired) electrons. The standard InChI is InChI=1S/C14H17N3O/c1-9-7-11(5-6-12(9)18)13-15-8-10(2)14(16-13)17(3)4/h5-8,18H,1-4H3. The maximum atomic E-state index is 9.53. The first-order valence-corrected chi connectivity index (χ1v) is 5.80. The van der Waals surface area contributed by atoms with Gasteiger partial charge >= 0.3 is 0 Å². The van der Waals surface area contributed by atoms with Crippen molar-refractivity contribution < 1.29 is 5.11 Å². The van der Waals surface area contributed by atoms with Gasteiger partial charge < -0.3 is 10.0 Å². The number of phenols is 1. The van der Waals surface area contributed by atoms with Gasteiger partial charge in [0.25, 0.3) is 0 Å². The van der Waals surface area contributed by atoms with Crippen molar-refractivity contribution in [2.75, 3.05) is 19.0 Å². The van der Waals surface area contributed by atoms with Gasteiger partial charge in [-0.15, -0.1) is 0 Å². The quantitative estimate of drug-likeness (QED) is 0.880. The summed E-state index contributed by atoms with van der Waals surface area (Å²) in [4.78, 5) is 10.9. The molecule has 18 heavy (non-hydrogen) atoms. The van der Waals surface area contributed by atoms with E-state index in [2.05, 4.69) is 9.97 Å². The summed E-state index contributed by atoms with van der Waals surface area (Å²) in [5, 5.41) is 9.53. The summed E-state index contributed by atoms with van der Waals surface area (Å²) in [5.41, 5.74) is 2.77. The Morgan fingerprint density at radius 1 is 1.11 bits per heavy atom. The lowest BCUT2D eigenvalue weighted by Crippen LogP contribution is -2.13. The third kappa shape index (κ3) is 2.27. The van der Waals surface area contributed by atoms with Crippen LogP contribution >= 0.6 is 0 Å². The fourth-order valence-electron chi connectivity index (χ4n) is 1.82. The molecule has 1 N–H and O–H groups in total. The van der Waals surface area contributed by atoms with Gasteiger partial charge in [-0.05, 0) is 37.6 Å². The highest BCUT2D eigenvalue weighted by Crippen LogP contribution is 2.24. The minimum atomic E-state index is 0.290. The molecule has 0 bridgehead atoms. The molecule has 0 saturated carbocycles. The van der Waals surface area contributed by atoms with Gasteiger partial charge in [-0.3, -0.25) is 0 Å². The van der Waals surface area contributed by atoms with Gasteiger partial charge in [0.15, 0.2) is 5.82 Å². The van der Waals surface area contributed by atoms with Crippen molar-refractivity contribution >= 4 is 5.82 Å². The Morgan fingerprint density at radius 3 is 2.44 bits per heavy atom. The smallest absolute Gasteiger partial charge is 0.161 e. The molecular formula is C14H17N3O. The van der Waals surface area contributed by atoms with Gasteiger partial charge in [-0.25, -0.2) is 9.97 Å². The average Bonchev–Trinajstić information content (AvgIpc) is 2.33. The van der Waals surface area contributed by atoms with Crippen molar-refractivity contribution in [1.82, 2.24) is 9.97 Å². The number of anilines is 1. The molecule has 1 heterocycles. The van der Waals surface area contributed by atoms with Crippen LogP contribution in [0.3, 0.4) is 0 Å². The Kier molecular flexibility index (Phi) is 3.19. The maximum Gasteiger partial charge on any atom is 0.161 e. The number of rotatable bonds is 2. The van der Waals surface area contributed by atoms with Crippen LogP contribution in [0.1, 0.15) is 11.1 Å². The van der Waals surface area contributed by atoms with E-state index in [9.17, 15) is 5.11 Å². The summed E-state index contributed by atoms with van der Waals surface area (Å²) in [5.74, 6) is 1.87. The van der Waals surface area contributed by atoms with Gasteiger partial charge in [-0.2, -0.15) is 0 Å². The Labute approximate surface area is 107 Å². The monoisotopic (exact) mass is 243 g/mol. The molecule has 0 atom stereocenters. The zero-order valence-electron chi connectivity index (χ0n) is 11.1. The summed E-state index contributed by atoms with van der Waals surface area (Å²) >= 11 is 0. The summed E-state index contributed by atoms with van der Waals surface area (Å²) in [6.07, 6.45) is 1.82. The van der Waals surface area contributed by atoms with E-state index in [1.54, 1.807) is 6.07 Å².